The molecular formula is C17H12ClN3O3S. The molecule has 126 valence electrons. The summed E-state index contributed by atoms with van der Waals surface area (Å²) < 4.78 is 0. The van der Waals surface area contributed by atoms with Gasteiger partial charge in [-0.1, -0.05) is 35.9 Å². The van der Waals surface area contributed by atoms with Gasteiger partial charge in [0, 0.05) is 6.07 Å². The lowest BCUT2D eigenvalue weighted by atomic mass is 10.2. The van der Waals surface area contributed by atoms with Gasteiger partial charge in [0.05, 0.1) is 15.5 Å². The van der Waals surface area contributed by atoms with E-state index in [1.807, 2.05) is 31.2 Å². The summed E-state index contributed by atoms with van der Waals surface area (Å²) in [5, 5.41) is 14.2. The maximum Gasteiger partial charge on any atom is 0.288 e. The zero-order valence-electron chi connectivity index (χ0n) is 13.0. The normalized spacial score (nSPS) is 17.1. The van der Waals surface area contributed by atoms with Crippen LogP contribution in [0.3, 0.4) is 0 Å². The van der Waals surface area contributed by atoms with Crippen molar-refractivity contribution in [2.45, 2.75) is 6.92 Å². The Hall–Kier alpha value is -2.64. The van der Waals surface area contributed by atoms with Gasteiger partial charge in [-0.15, -0.1) is 0 Å². The van der Waals surface area contributed by atoms with Crippen LogP contribution in [0.1, 0.15) is 11.1 Å². The quantitative estimate of drug-likeness (QED) is 0.489. The van der Waals surface area contributed by atoms with Gasteiger partial charge in [-0.25, -0.2) is 4.99 Å². The number of rotatable bonds is 3. The highest BCUT2D eigenvalue weighted by atomic mass is 35.5. The van der Waals surface area contributed by atoms with Crippen LogP contribution >= 0.6 is 23.4 Å². The largest absolute Gasteiger partial charge is 0.300 e. The summed E-state index contributed by atoms with van der Waals surface area (Å²) in [5.74, 6) is -0.296. The fourth-order valence-electron chi connectivity index (χ4n) is 2.19. The lowest BCUT2D eigenvalue weighted by Gasteiger charge is -1.99. The van der Waals surface area contributed by atoms with Gasteiger partial charge >= 0.3 is 0 Å². The molecular weight excluding hydrogens is 362 g/mol. The molecule has 0 bridgehead atoms. The minimum absolute atomic E-state index is 0.0532. The van der Waals surface area contributed by atoms with E-state index in [1.165, 1.54) is 23.9 Å². The molecule has 0 saturated carbocycles. The first-order valence-electron chi connectivity index (χ1n) is 7.23. The number of nitro groups is 1. The van der Waals surface area contributed by atoms with E-state index in [0.717, 1.165) is 11.3 Å². The highest BCUT2D eigenvalue weighted by Gasteiger charge is 2.24. The lowest BCUT2D eigenvalue weighted by Crippen LogP contribution is -2.19. The number of para-hydroxylation sites is 1. The maximum absolute atomic E-state index is 12.1. The van der Waals surface area contributed by atoms with Crippen molar-refractivity contribution >= 4 is 51.9 Å². The number of hydrogen-bond acceptors (Lipinski definition) is 5. The summed E-state index contributed by atoms with van der Waals surface area (Å²) in [5.41, 5.74) is 2.09. The Morgan fingerprint density at radius 2 is 2.04 bits per heavy atom. The third-order valence-corrected chi connectivity index (χ3v) is 4.68. The molecule has 1 aliphatic heterocycles. The molecule has 2 aromatic carbocycles. The minimum atomic E-state index is -0.558. The van der Waals surface area contributed by atoms with E-state index >= 15 is 0 Å². The smallest absolute Gasteiger partial charge is 0.288 e. The molecule has 6 nitrogen and oxygen atoms in total. The van der Waals surface area contributed by atoms with E-state index in [2.05, 4.69) is 10.3 Å². The number of thioether (sulfide) groups is 1. The summed E-state index contributed by atoms with van der Waals surface area (Å²) in [6, 6.07) is 12.0. The maximum atomic E-state index is 12.1. The number of halogens is 1. The van der Waals surface area contributed by atoms with Crippen molar-refractivity contribution in [2.75, 3.05) is 0 Å². The van der Waals surface area contributed by atoms with Crippen LogP contribution in [0.15, 0.2) is 52.4 Å². The van der Waals surface area contributed by atoms with Crippen LogP contribution in [0.25, 0.3) is 6.08 Å². The fourth-order valence-corrected chi connectivity index (χ4v) is 3.21. The Morgan fingerprint density at radius 1 is 1.28 bits per heavy atom. The van der Waals surface area contributed by atoms with Crippen LogP contribution in [-0.4, -0.2) is 16.0 Å². The number of aliphatic imine (C=N–C) groups is 1. The molecule has 0 unspecified atom stereocenters. The van der Waals surface area contributed by atoms with Gasteiger partial charge in [-0.2, -0.15) is 0 Å². The van der Waals surface area contributed by atoms with Crippen molar-refractivity contribution in [1.82, 2.24) is 5.32 Å². The Kier molecular flexibility index (Phi) is 4.87. The fraction of sp³-hybridized carbons (Fsp3) is 0.0588. The standard InChI is InChI=1S/C17H12ClN3O3S/c1-10-4-2-3-5-13(10)19-17-20-16(22)15(25-17)9-11-6-7-12(18)14(8-11)21(23)24/h2-9H,1H3,(H,19,20,22)/b15-9+. The molecule has 25 heavy (non-hydrogen) atoms. The second-order valence-electron chi connectivity index (χ2n) is 5.24. The van der Waals surface area contributed by atoms with E-state index in [1.54, 1.807) is 12.1 Å². The number of hydrogen-bond donors (Lipinski definition) is 1. The molecule has 0 aliphatic carbocycles. The van der Waals surface area contributed by atoms with E-state index < -0.39 is 4.92 Å². The molecule has 1 amide bonds. The van der Waals surface area contributed by atoms with Gasteiger partial charge in [0.15, 0.2) is 5.17 Å². The molecule has 1 N–H and O–H groups in total. The van der Waals surface area contributed by atoms with E-state index in [-0.39, 0.29) is 16.6 Å². The van der Waals surface area contributed by atoms with Crippen molar-refractivity contribution in [3.8, 4) is 0 Å². The summed E-state index contributed by atoms with van der Waals surface area (Å²) >= 11 is 6.98. The number of carbonyl (C=O) groups excluding carboxylic acids is 1. The summed E-state index contributed by atoms with van der Waals surface area (Å²) in [6.45, 7) is 1.93. The van der Waals surface area contributed by atoms with Crippen molar-refractivity contribution < 1.29 is 9.72 Å². The molecule has 0 atom stereocenters. The van der Waals surface area contributed by atoms with E-state index in [9.17, 15) is 14.9 Å². The zero-order chi connectivity index (χ0) is 18.0. The van der Waals surface area contributed by atoms with Crippen LogP contribution in [0, 0.1) is 17.0 Å². The predicted octanol–water partition coefficient (Wildman–Crippen LogP) is 4.45. The van der Waals surface area contributed by atoms with Crippen LogP contribution in [0.2, 0.25) is 5.02 Å². The highest BCUT2D eigenvalue weighted by Crippen LogP contribution is 2.31. The number of carbonyl (C=O) groups is 1. The van der Waals surface area contributed by atoms with Gasteiger partial charge in [0.2, 0.25) is 0 Å². The summed E-state index contributed by atoms with van der Waals surface area (Å²) in [7, 11) is 0. The third-order valence-electron chi connectivity index (χ3n) is 3.45. The number of nitrogens with zero attached hydrogens (tertiary/aromatic N) is 2. The SMILES string of the molecule is Cc1ccccc1N=C1NC(=O)/C(=C\c2ccc(Cl)c([N+](=O)[O-])c2)S1. The van der Waals surface area contributed by atoms with Crippen LogP contribution in [0.5, 0.6) is 0 Å². The minimum Gasteiger partial charge on any atom is -0.300 e. The Balaban J connectivity index is 1.88. The van der Waals surface area contributed by atoms with Crippen LogP contribution in [-0.2, 0) is 4.79 Å². The van der Waals surface area contributed by atoms with Gasteiger partial charge in [-0.05, 0) is 48.0 Å². The molecule has 1 fully saturated rings. The number of amides is 1. The van der Waals surface area contributed by atoms with Gasteiger partial charge in [-0.3, -0.25) is 14.9 Å². The number of benzene rings is 2. The molecule has 0 spiro atoms. The lowest BCUT2D eigenvalue weighted by molar-refractivity contribution is -0.384. The average molecular weight is 374 g/mol. The van der Waals surface area contributed by atoms with Crippen molar-refractivity contribution in [3.05, 3.63) is 73.6 Å². The highest BCUT2D eigenvalue weighted by molar-refractivity contribution is 8.18. The number of aryl methyl sites for hydroxylation is 1. The molecule has 0 aromatic heterocycles. The van der Waals surface area contributed by atoms with E-state index in [0.29, 0.717) is 15.6 Å². The monoisotopic (exact) mass is 373 g/mol. The second kappa shape index (κ2) is 7.08. The first-order valence-corrected chi connectivity index (χ1v) is 8.42. The zero-order valence-corrected chi connectivity index (χ0v) is 14.6. The topological polar surface area (TPSA) is 84.6 Å². The Bertz CT molecular complexity index is 940. The molecule has 0 radical (unpaired) electrons. The van der Waals surface area contributed by atoms with Gasteiger partial charge in [0.1, 0.15) is 5.02 Å². The molecule has 1 heterocycles. The van der Waals surface area contributed by atoms with Crippen LogP contribution in [0.4, 0.5) is 11.4 Å². The molecule has 1 saturated heterocycles. The number of nitrogens with one attached hydrogen (secondary N) is 1. The molecule has 8 heteroatoms. The average Bonchev–Trinajstić information content (AvgIpc) is 2.90. The number of nitro benzene ring substituents is 1. The van der Waals surface area contributed by atoms with Gasteiger partial charge < -0.3 is 5.32 Å². The third kappa shape index (κ3) is 3.89. The molecule has 3 rings (SSSR count). The van der Waals surface area contributed by atoms with Gasteiger partial charge in [0.25, 0.3) is 11.6 Å². The Labute approximate surface area is 152 Å². The Morgan fingerprint density at radius 3 is 2.76 bits per heavy atom. The second-order valence-corrected chi connectivity index (χ2v) is 6.67. The summed E-state index contributed by atoms with van der Waals surface area (Å²) in [4.78, 5) is 27.4. The molecule has 1 aliphatic rings. The predicted molar refractivity (Wildman–Crippen MR) is 100 cm³/mol. The van der Waals surface area contributed by atoms with Crippen molar-refractivity contribution in [1.29, 1.82) is 0 Å². The van der Waals surface area contributed by atoms with Crippen LogP contribution < -0.4 is 5.32 Å². The van der Waals surface area contributed by atoms with E-state index in [4.69, 9.17) is 11.6 Å². The van der Waals surface area contributed by atoms with Crippen molar-refractivity contribution in [2.24, 2.45) is 4.99 Å². The first kappa shape index (κ1) is 17.2. The van der Waals surface area contributed by atoms with Crippen molar-refractivity contribution in [3.63, 3.8) is 0 Å². The molecule has 2 aromatic rings. The first-order chi connectivity index (χ1) is 11.9. The summed E-state index contributed by atoms with van der Waals surface area (Å²) in [6.07, 6.45) is 1.57. The number of amidine groups is 1.